The third kappa shape index (κ3) is 4.62. The van der Waals surface area contributed by atoms with E-state index in [9.17, 15) is 0 Å². The lowest BCUT2D eigenvalue weighted by molar-refractivity contribution is -0.0203. The number of morpholine rings is 1. The Labute approximate surface area is 166 Å². The Bertz CT molecular complexity index is 738. The summed E-state index contributed by atoms with van der Waals surface area (Å²) in [5, 5.41) is 7.86. The van der Waals surface area contributed by atoms with Crippen LogP contribution in [0.3, 0.4) is 0 Å². The van der Waals surface area contributed by atoms with E-state index in [4.69, 9.17) is 14.5 Å². The maximum Gasteiger partial charge on any atom is 0.227 e. The third-order valence-corrected chi connectivity index (χ3v) is 5.37. The van der Waals surface area contributed by atoms with Crippen molar-refractivity contribution in [2.45, 2.75) is 51.5 Å². The zero-order chi connectivity index (χ0) is 19.3. The van der Waals surface area contributed by atoms with Crippen LogP contribution in [0.2, 0.25) is 0 Å². The van der Waals surface area contributed by atoms with Crippen LogP contribution in [0.15, 0.2) is 30.7 Å². The van der Waals surface area contributed by atoms with Crippen LogP contribution in [-0.2, 0) is 16.0 Å². The zero-order valence-electron chi connectivity index (χ0n) is 16.7. The Morgan fingerprint density at radius 1 is 1.25 bits per heavy atom. The second-order valence-corrected chi connectivity index (χ2v) is 7.88. The van der Waals surface area contributed by atoms with Gasteiger partial charge in [-0.05, 0) is 30.9 Å². The van der Waals surface area contributed by atoms with E-state index in [0.29, 0.717) is 12.5 Å². The molecule has 0 spiro atoms. The lowest BCUT2D eigenvalue weighted by atomic mass is 9.94. The highest BCUT2D eigenvalue weighted by molar-refractivity contribution is 5.42. The van der Waals surface area contributed by atoms with E-state index in [-0.39, 0.29) is 18.2 Å². The minimum absolute atomic E-state index is 0.0749. The molecule has 2 saturated heterocycles. The summed E-state index contributed by atoms with van der Waals surface area (Å²) in [4.78, 5) is 11.5. The lowest BCUT2D eigenvalue weighted by Gasteiger charge is -2.35. The highest BCUT2D eigenvalue weighted by Crippen LogP contribution is 2.24. The van der Waals surface area contributed by atoms with E-state index in [1.54, 1.807) is 6.20 Å². The minimum atomic E-state index is 0.0749. The van der Waals surface area contributed by atoms with Gasteiger partial charge in [-0.3, -0.25) is 4.68 Å². The molecule has 4 heterocycles. The van der Waals surface area contributed by atoms with Crippen molar-refractivity contribution in [1.29, 1.82) is 0 Å². The first-order chi connectivity index (χ1) is 13.7. The molecule has 8 heteroatoms. The first-order valence-corrected chi connectivity index (χ1v) is 10.2. The summed E-state index contributed by atoms with van der Waals surface area (Å²) in [5.74, 6) is 2.08. The molecule has 2 aromatic rings. The fraction of sp³-hybridized carbons (Fsp3) is 0.650. The number of ether oxygens (including phenoxy) is 2. The normalized spacial score (nSPS) is 25.8. The molecule has 152 valence electrons. The van der Waals surface area contributed by atoms with E-state index < -0.39 is 0 Å². The summed E-state index contributed by atoms with van der Waals surface area (Å²) in [6, 6.07) is 4.16. The summed E-state index contributed by atoms with van der Waals surface area (Å²) in [6.45, 7) is 8.22. The van der Waals surface area contributed by atoms with Crippen molar-refractivity contribution in [1.82, 2.24) is 19.7 Å². The zero-order valence-corrected chi connectivity index (χ0v) is 16.7. The van der Waals surface area contributed by atoms with Crippen molar-refractivity contribution in [2.24, 2.45) is 5.92 Å². The standard InChI is InChI=1S/C20H30N6O2/c1-15(2)19-17(5-3-11-28-19)23-18-6-8-21-20(24-18)25-10-12-27-16(13-25)14-26-9-4-7-22-26/h4,6-9,15-17,19H,3,5,10-14H2,1-2H3,(H,21,23,24). The van der Waals surface area contributed by atoms with Crippen molar-refractivity contribution in [2.75, 3.05) is 36.5 Å². The van der Waals surface area contributed by atoms with E-state index in [1.807, 2.05) is 29.2 Å². The number of aromatic nitrogens is 4. The predicted molar refractivity (Wildman–Crippen MR) is 107 cm³/mol. The number of hydrogen-bond acceptors (Lipinski definition) is 7. The van der Waals surface area contributed by atoms with Crippen LogP contribution < -0.4 is 10.2 Å². The first-order valence-electron chi connectivity index (χ1n) is 10.2. The average molecular weight is 387 g/mol. The van der Waals surface area contributed by atoms with Gasteiger partial charge in [0.05, 0.1) is 31.4 Å². The van der Waals surface area contributed by atoms with Gasteiger partial charge >= 0.3 is 0 Å². The van der Waals surface area contributed by atoms with Crippen LogP contribution in [-0.4, -0.2) is 64.3 Å². The van der Waals surface area contributed by atoms with E-state index >= 15 is 0 Å². The van der Waals surface area contributed by atoms with Gasteiger partial charge in [0.1, 0.15) is 5.82 Å². The van der Waals surface area contributed by atoms with Crippen LogP contribution in [0.25, 0.3) is 0 Å². The quantitative estimate of drug-likeness (QED) is 0.815. The summed E-state index contributed by atoms with van der Waals surface area (Å²) < 4.78 is 13.8. The molecule has 0 amide bonds. The Hall–Kier alpha value is -2.19. The van der Waals surface area contributed by atoms with Crippen molar-refractivity contribution in [3.63, 3.8) is 0 Å². The van der Waals surface area contributed by atoms with Crippen LogP contribution in [0, 0.1) is 5.92 Å². The molecule has 0 aromatic carbocycles. The first kappa shape index (κ1) is 19.1. The van der Waals surface area contributed by atoms with Crippen LogP contribution >= 0.6 is 0 Å². The Balaban J connectivity index is 1.41. The number of anilines is 2. The van der Waals surface area contributed by atoms with E-state index in [2.05, 4.69) is 34.1 Å². The van der Waals surface area contributed by atoms with Crippen LogP contribution in [0.1, 0.15) is 26.7 Å². The molecular weight excluding hydrogens is 356 g/mol. The fourth-order valence-corrected chi connectivity index (χ4v) is 4.01. The fourth-order valence-electron chi connectivity index (χ4n) is 4.01. The molecule has 2 aliphatic rings. The van der Waals surface area contributed by atoms with Crippen LogP contribution in [0.4, 0.5) is 11.8 Å². The Kier molecular flexibility index (Phi) is 6.07. The topological polar surface area (TPSA) is 77.3 Å². The second-order valence-electron chi connectivity index (χ2n) is 7.88. The molecule has 0 radical (unpaired) electrons. The van der Waals surface area contributed by atoms with Crippen molar-refractivity contribution < 1.29 is 9.47 Å². The van der Waals surface area contributed by atoms with E-state index in [1.165, 1.54) is 0 Å². The number of rotatable bonds is 6. The Morgan fingerprint density at radius 3 is 3.00 bits per heavy atom. The van der Waals surface area contributed by atoms with Gasteiger partial charge in [-0.1, -0.05) is 13.8 Å². The summed E-state index contributed by atoms with van der Waals surface area (Å²) in [6.07, 6.45) is 8.05. The van der Waals surface area contributed by atoms with Crippen molar-refractivity contribution in [3.8, 4) is 0 Å². The molecule has 2 aliphatic heterocycles. The largest absolute Gasteiger partial charge is 0.376 e. The highest BCUT2D eigenvalue weighted by atomic mass is 16.5. The average Bonchev–Trinajstić information content (AvgIpc) is 3.22. The smallest absolute Gasteiger partial charge is 0.227 e. The van der Waals surface area contributed by atoms with Gasteiger partial charge in [-0.2, -0.15) is 10.1 Å². The molecule has 3 atom stereocenters. The van der Waals surface area contributed by atoms with Gasteiger partial charge in [0, 0.05) is 38.3 Å². The molecule has 0 aliphatic carbocycles. The minimum Gasteiger partial charge on any atom is -0.376 e. The molecule has 4 rings (SSSR count). The molecule has 0 bridgehead atoms. The van der Waals surface area contributed by atoms with Gasteiger partial charge in [0.15, 0.2) is 0 Å². The van der Waals surface area contributed by atoms with E-state index in [0.717, 1.165) is 50.8 Å². The molecule has 28 heavy (non-hydrogen) atoms. The molecular formula is C20H30N6O2. The molecule has 1 N–H and O–H groups in total. The highest BCUT2D eigenvalue weighted by Gasteiger charge is 2.29. The van der Waals surface area contributed by atoms with Gasteiger partial charge in [-0.25, -0.2) is 4.98 Å². The van der Waals surface area contributed by atoms with Crippen LogP contribution in [0.5, 0.6) is 0 Å². The summed E-state index contributed by atoms with van der Waals surface area (Å²) in [7, 11) is 0. The monoisotopic (exact) mass is 386 g/mol. The molecule has 8 nitrogen and oxygen atoms in total. The summed E-state index contributed by atoms with van der Waals surface area (Å²) in [5.41, 5.74) is 0. The van der Waals surface area contributed by atoms with Gasteiger partial charge in [-0.15, -0.1) is 0 Å². The second kappa shape index (κ2) is 8.87. The maximum atomic E-state index is 5.99. The molecule has 2 aromatic heterocycles. The number of nitrogens with zero attached hydrogens (tertiary/aromatic N) is 5. The van der Waals surface area contributed by atoms with Crippen molar-refractivity contribution >= 4 is 11.8 Å². The third-order valence-electron chi connectivity index (χ3n) is 5.37. The van der Waals surface area contributed by atoms with Gasteiger partial charge in [0.25, 0.3) is 0 Å². The lowest BCUT2D eigenvalue weighted by Crippen LogP contribution is -2.45. The van der Waals surface area contributed by atoms with Gasteiger partial charge < -0.3 is 19.7 Å². The maximum absolute atomic E-state index is 5.99. The molecule has 2 fully saturated rings. The van der Waals surface area contributed by atoms with Crippen molar-refractivity contribution in [3.05, 3.63) is 30.7 Å². The SMILES string of the molecule is CC(C)C1OCCCC1Nc1ccnc(N2CCOC(Cn3cccn3)C2)n1. The molecule has 3 unspecified atom stereocenters. The number of hydrogen-bond donors (Lipinski definition) is 1. The Morgan fingerprint density at radius 2 is 2.18 bits per heavy atom. The number of nitrogens with one attached hydrogen (secondary N) is 1. The summed E-state index contributed by atoms with van der Waals surface area (Å²) >= 11 is 0. The van der Waals surface area contributed by atoms with Gasteiger partial charge in [0.2, 0.25) is 5.95 Å². The predicted octanol–water partition coefficient (Wildman–Crippen LogP) is 2.19. The molecule has 0 saturated carbocycles.